The van der Waals surface area contributed by atoms with Crippen LogP contribution in [0.15, 0.2) is 67.0 Å². The van der Waals surface area contributed by atoms with Crippen LogP contribution in [0.5, 0.6) is 0 Å². The topological polar surface area (TPSA) is 66.9 Å². The minimum atomic E-state index is -0.333. The molecule has 5 nitrogen and oxygen atoms in total. The molecule has 0 radical (unpaired) electrons. The van der Waals surface area contributed by atoms with Crippen molar-refractivity contribution in [2.75, 3.05) is 10.6 Å². The van der Waals surface area contributed by atoms with Crippen LogP contribution in [0.4, 0.5) is 21.6 Å². The number of nitrogens with one attached hydrogen (secondary N) is 2. The van der Waals surface area contributed by atoms with Crippen LogP contribution < -0.4 is 10.6 Å². The van der Waals surface area contributed by atoms with E-state index in [1.165, 1.54) is 24.5 Å². The zero-order valence-electron chi connectivity index (χ0n) is 12.0. The van der Waals surface area contributed by atoms with E-state index < -0.39 is 0 Å². The lowest BCUT2D eigenvalue weighted by Gasteiger charge is -2.07. The molecule has 1 amide bonds. The summed E-state index contributed by atoms with van der Waals surface area (Å²) in [6.45, 7) is 0. The number of benzene rings is 2. The van der Waals surface area contributed by atoms with E-state index in [0.29, 0.717) is 17.2 Å². The van der Waals surface area contributed by atoms with Crippen LogP contribution in [-0.2, 0) is 0 Å². The van der Waals surface area contributed by atoms with Gasteiger partial charge in [0.25, 0.3) is 5.91 Å². The van der Waals surface area contributed by atoms with Gasteiger partial charge in [0.05, 0.1) is 0 Å². The molecule has 0 saturated carbocycles. The van der Waals surface area contributed by atoms with Crippen LogP contribution in [0.2, 0.25) is 0 Å². The molecule has 1 aromatic heterocycles. The molecule has 3 rings (SSSR count). The van der Waals surface area contributed by atoms with Crippen molar-refractivity contribution >= 4 is 23.1 Å². The molecule has 0 aliphatic carbocycles. The number of rotatable bonds is 4. The molecule has 1 heterocycles. The lowest BCUT2D eigenvalue weighted by atomic mass is 10.3. The molecule has 0 fully saturated rings. The highest BCUT2D eigenvalue weighted by molar-refractivity contribution is 6.03. The maximum absolute atomic E-state index is 12.9. The molecular formula is C17H13FN4O. The van der Waals surface area contributed by atoms with Crippen molar-refractivity contribution in [3.63, 3.8) is 0 Å². The molecule has 0 unspecified atom stereocenters. The van der Waals surface area contributed by atoms with Crippen LogP contribution in [0.3, 0.4) is 0 Å². The number of amides is 1. The Hall–Kier alpha value is -3.28. The van der Waals surface area contributed by atoms with Gasteiger partial charge >= 0.3 is 0 Å². The number of anilines is 3. The van der Waals surface area contributed by atoms with Crippen molar-refractivity contribution in [2.45, 2.75) is 0 Å². The number of hydrogen-bond donors (Lipinski definition) is 2. The Balaban J connectivity index is 1.74. The SMILES string of the molecule is O=C(Nc1ccccc1)c1cc(Nc2ccc(F)cc2)ncn1. The van der Waals surface area contributed by atoms with E-state index in [9.17, 15) is 9.18 Å². The van der Waals surface area contributed by atoms with Gasteiger partial charge in [-0.15, -0.1) is 0 Å². The van der Waals surface area contributed by atoms with E-state index in [-0.39, 0.29) is 17.4 Å². The summed E-state index contributed by atoms with van der Waals surface area (Å²) in [6, 6.07) is 16.5. The van der Waals surface area contributed by atoms with Gasteiger partial charge < -0.3 is 10.6 Å². The summed E-state index contributed by atoms with van der Waals surface area (Å²) in [5.74, 6) is -0.202. The summed E-state index contributed by atoms with van der Waals surface area (Å²) in [5, 5.41) is 5.74. The molecule has 0 aliphatic heterocycles. The molecule has 6 heteroatoms. The van der Waals surface area contributed by atoms with Crippen molar-refractivity contribution < 1.29 is 9.18 Å². The second kappa shape index (κ2) is 6.65. The molecule has 0 aliphatic rings. The van der Waals surface area contributed by atoms with Crippen LogP contribution >= 0.6 is 0 Å². The van der Waals surface area contributed by atoms with Gasteiger partial charge in [-0.1, -0.05) is 18.2 Å². The van der Waals surface area contributed by atoms with Crippen molar-refractivity contribution in [1.29, 1.82) is 0 Å². The highest BCUT2D eigenvalue weighted by Crippen LogP contribution is 2.15. The molecule has 0 saturated heterocycles. The van der Waals surface area contributed by atoms with Gasteiger partial charge in [-0.25, -0.2) is 14.4 Å². The lowest BCUT2D eigenvalue weighted by molar-refractivity contribution is 0.102. The summed E-state index contributed by atoms with van der Waals surface area (Å²) >= 11 is 0. The first-order valence-corrected chi connectivity index (χ1v) is 6.92. The highest BCUT2D eigenvalue weighted by Gasteiger charge is 2.09. The van der Waals surface area contributed by atoms with Gasteiger partial charge in [0.1, 0.15) is 23.7 Å². The molecule has 0 atom stereocenters. The standard InChI is InChI=1S/C17H13FN4O/c18-12-6-8-14(9-7-12)21-16-10-15(19-11-20-16)17(23)22-13-4-2-1-3-5-13/h1-11H,(H,22,23)(H,19,20,21). The molecule has 2 aromatic carbocycles. The maximum Gasteiger partial charge on any atom is 0.274 e. The van der Waals surface area contributed by atoms with Crippen molar-refractivity contribution in [1.82, 2.24) is 9.97 Å². The lowest BCUT2D eigenvalue weighted by Crippen LogP contribution is -2.14. The first-order valence-electron chi connectivity index (χ1n) is 6.92. The molecule has 3 aromatic rings. The van der Waals surface area contributed by atoms with E-state index in [1.54, 1.807) is 24.3 Å². The van der Waals surface area contributed by atoms with Gasteiger partial charge in [0, 0.05) is 17.4 Å². The van der Waals surface area contributed by atoms with Crippen molar-refractivity contribution in [3.8, 4) is 0 Å². The zero-order valence-corrected chi connectivity index (χ0v) is 12.0. The largest absolute Gasteiger partial charge is 0.340 e. The average Bonchev–Trinajstić information content (AvgIpc) is 2.58. The predicted molar refractivity (Wildman–Crippen MR) is 86.1 cm³/mol. The minimum absolute atomic E-state index is 0.230. The Labute approximate surface area is 132 Å². The predicted octanol–water partition coefficient (Wildman–Crippen LogP) is 3.61. The molecule has 114 valence electrons. The summed E-state index contributed by atoms with van der Waals surface area (Å²) < 4.78 is 12.9. The number of nitrogens with zero attached hydrogens (tertiary/aromatic N) is 2. The molecule has 0 bridgehead atoms. The summed E-state index contributed by atoms with van der Waals surface area (Å²) in [7, 11) is 0. The average molecular weight is 308 g/mol. The van der Waals surface area contributed by atoms with Crippen LogP contribution in [0.1, 0.15) is 10.5 Å². The maximum atomic E-state index is 12.9. The normalized spacial score (nSPS) is 10.1. The van der Waals surface area contributed by atoms with E-state index >= 15 is 0 Å². The fourth-order valence-electron chi connectivity index (χ4n) is 1.95. The van der Waals surface area contributed by atoms with E-state index in [2.05, 4.69) is 20.6 Å². The van der Waals surface area contributed by atoms with Crippen LogP contribution in [-0.4, -0.2) is 15.9 Å². The van der Waals surface area contributed by atoms with Crippen molar-refractivity contribution in [3.05, 3.63) is 78.5 Å². The van der Waals surface area contributed by atoms with Gasteiger partial charge in [-0.05, 0) is 36.4 Å². The second-order valence-corrected chi connectivity index (χ2v) is 4.74. The smallest absolute Gasteiger partial charge is 0.274 e. The van der Waals surface area contributed by atoms with Gasteiger partial charge in [0.15, 0.2) is 0 Å². The fourth-order valence-corrected chi connectivity index (χ4v) is 1.95. The van der Waals surface area contributed by atoms with E-state index in [1.807, 2.05) is 18.2 Å². The fraction of sp³-hybridized carbons (Fsp3) is 0. The molecule has 23 heavy (non-hydrogen) atoms. The number of aromatic nitrogens is 2. The Kier molecular flexibility index (Phi) is 4.24. The molecule has 2 N–H and O–H groups in total. The third-order valence-electron chi connectivity index (χ3n) is 3.05. The summed E-state index contributed by atoms with van der Waals surface area (Å²) in [5.41, 5.74) is 1.58. The summed E-state index contributed by atoms with van der Waals surface area (Å²) in [6.07, 6.45) is 1.30. The monoisotopic (exact) mass is 308 g/mol. The zero-order chi connectivity index (χ0) is 16.1. The molecule has 0 spiro atoms. The Morgan fingerprint density at radius 1 is 0.913 bits per heavy atom. The first kappa shape index (κ1) is 14.6. The number of para-hydroxylation sites is 1. The Morgan fingerprint density at radius 2 is 1.65 bits per heavy atom. The first-order chi connectivity index (χ1) is 11.2. The van der Waals surface area contributed by atoms with Gasteiger partial charge in [0.2, 0.25) is 0 Å². The third-order valence-corrected chi connectivity index (χ3v) is 3.05. The highest BCUT2D eigenvalue weighted by atomic mass is 19.1. The quantitative estimate of drug-likeness (QED) is 0.772. The van der Waals surface area contributed by atoms with E-state index in [4.69, 9.17) is 0 Å². The third kappa shape index (κ3) is 3.88. The van der Waals surface area contributed by atoms with Crippen LogP contribution in [0, 0.1) is 5.82 Å². The number of carbonyl (C=O) groups is 1. The Bertz CT molecular complexity index is 806. The Morgan fingerprint density at radius 3 is 2.39 bits per heavy atom. The number of hydrogen-bond acceptors (Lipinski definition) is 4. The van der Waals surface area contributed by atoms with Crippen LogP contribution in [0.25, 0.3) is 0 Å². The van der Waals surface area contributed by atoms with Crippen molar-refractivity contribution in [2.24, 2.45) is 0 Å². The number of carbonyl (C=O) groups excluding carboxylic acids is 1. The second-order valence-electron chi connectivity index (χ2n) is 4.74. The van der Waals surface area contributed by atoms with E-state index in [0.717, 1.165) is 0 Å². The minimum Gasteiger partial charge on any atom is -0.340 e. The number of halogens is 1. The van der Waals surface area contributed by atoms with Gasteiger partial charge in [-0.3, -0.25) is 4.79 Å². The summed E-state index contributed by atoms with van der Waals surface area (Å²) in [4.78, 5) is 20.2. The van der Waals surface area contributed by atoms with Gasteiger partial charge in [-0.2, -0.15) is 0 Å². The molecular weight excluding hydrogens is 295 g/mol.